The van der Waals surface area contributed by atoms with E-state index in [-0.39, 0.29) is 69.4 Å². The number of benzene rings is 3. The molecule has 5 rings (SSSR count). The Balaban J connectivity index is 1.69. The number of likely N-dealkylation sites (N-methyl/N-ethyl adjacent to an activating group) is 1. The molecule has 1 aromatic heterocycles. The van der Waals surface area contributed by atoms with Crippen LogP contribution in [0.15, 0.2) is 84.0 Å². The van der Waals surface area contributed by atoms with E-state index < -0.39 is 51.0 Å². The topological polar surface area (TPSA) is 158 Å². The Morgan fingerprint density at radius 2 is 1.69 bits per heavy atom. The Morgan fingerprint density at radius 3 is 2.30 bits per heavy atom. The third-order valence-corrected chi connectivity index (χ3v) is 10.7. The largest absolute Gasteiger partial charge is 0.619 e. The highest BCUT2D eigenvalue weighted by Crippen LogP contribution is 2.42. The molecule has 0 bridgehead atoms. The van der Waals surface area contributed by atoms with Crippen molar-refractivity contribution in [1.29, 1.82) is 0 Å². The van der Waals surface area contributed by atoms with E-state index in [1.54, 1.807) is 37.2 Å². The van der Waals surface area contributed by atoms with E-state index in [0.717, 1.165) is 25.2 Å². The second-order valence-corrected chi connectivity index (χ2v) is 15.3. The monoisotopic (exact) mass is 807 g/mol. The van der Waals surface area contributed by atoms with Crippen LogP contribution in [0, 0.1) is 11.1 Å². The Labute approximate surface area is 320 Å². The zero-order valence-electron chi connectivity index (χ0n) is 29.1. The lowest BCUT2D eigenvalue weighted by Crippen LogP contribution is -2.36. The summed E-state index contributed by atoms with van der Waals surface area (Å²) in [7, 11) is -1.26. The number of aromatic carboxylic acids is 1. The van der Waals surface area contributed by atoms with Crippen molar-refractivity contribution in [3.63, 3.8) is 0 Å². The van der Waals surface area contributed by atoms with Crippen LogP contribution in [0.2, 0.25) is 10.0 Å². The first kappa shape index (κ1) is 40.6. The van der Waals surface area contributed by atoms with Gasteiger partial charge in [-0.05, 0) is 80.2 Å². The highest BCUT2D eigenvalue weighted by atomic mass is 35.5. The minimum Gasteiger partial charge on any atom is -0.619 e. The van der Waals surface area contributed by atoms with Crippen LogP contribution in [0.3, 0.4) is 0 Å². The molecule has 2 N–H and O–H groups in total. The third kappa shape index (κ3) is 10.4. The zero-order valence-corrected chi connectivity index (χ0v) is 31.4. The van der Waals surface area contributed by atoms with Crippen molar-refractivity contribution >= 4 is 45.2 Å². The lowest BCUT2D eigenvalue weighted by atomic mass is 9.83. The van der Waals surface area contributed by atoms with Crippen molar-refractivity contribution in [2.75, 3.05) is 33.9 Å². The molecule has 1 heterocycles. The smallest absolute Gasteiger partial charge is 0.387 e. The molecule has 54 heavy (non-hydrogen) atoms. The van der Waals surface area contributed by atoms with Crippen molar-refractivity contribution in [3.8, 4) is 11.5 Å². The number of pyridine rings is 1. The fraction of sp³-hybridized carbons (Fsp3) is 0.324. The van der Waals surface area contributed by atoms with Gasteiger partial charge in [0.05, 0.1) is 17.1 Å². The van der Waals surface area contributed by atoms with Gasteiger partial charge in [0.25, 0.3) is 0 Å². The van der Waals surface area contributed by atoms with Gasteiger partial charge in [-0.1, -0.05) is 65.7 Å². The molecule has 0 aliphatic heterocycles. The van der Waals surface area contributed by atoms with Crippen molar-refractivity contribution in [3.05, 3.63) is 122 Å². The van der Waals surface area contributed by atoms with Gasteiger partial charge < -0.3 is 29.4 Å². The van der Waals surface area contributed by atoms with Gasteiger partial charge in [0.2, 0.25) is 10.0 Å². The van der Waals surface area contributed by atoms with Gasteiger partial charge >= 0.3 is 18.6 Å². The standard InChI is InChI=1S/C37H37Cl2F2N3O9S/c1-43(2)15-16-51-36(47)34(23-7-4-3-5-8-23)42-54(49,50)32-10-6-9-25(35(45)46)33(32)26(18-27-28(38)19-44(48)20-29(27)39)24-13-14-30(53-37(40)41)31(17-24)52-21-22-11-12-22/h3-10,13-14,17,19-20,22,26,34,37,42H,11-12,15-16,18,21H2,1-2H3,(H,45,46)/t26-,34?/m0/s1. The van der Waals surface area contributed by atoms with E-state index >= 15 is 0 Å². The third-order valence-electron chi connectivity index (χ3n) is 8.58. The Morgan fingerprint density at radius 1 is 1.00 bits per heavy atom. The number of sulfonamides is 1. The first-order valence-electron chi connectivity index (χ1n) is 16.7. The summed E-state index contributed by atoms with van der Waals surface area (Å²) >= 11 is 13.0. The summed E-state index contributed by atoms with van der Waals surface area (Å²) in [5, 5.41) is 22.4. The number of esters is 1. The summed E-state index contributed by atoms with van der Waals surface area (Å²) in [6.07, 6.45) is 3.53. The summed E-state index contributed by atoms with van der Waals surface area (Å²) in [5.74, 6) is -3.83. The summed E-state index contributed by atoms with van der Waals surface area (Å²) in [4.78, 5) is 27.6. The molecular weight excluding hydrogens is 771 g/mol. The van der Waals surface area contributed by atoms with Gasteiger partial charge in [-0.2, -0.15) is 18.2 Å². The van der Waals surface area contributed by atoms with Crippen molar-refractivity contribution in [1.82, 2.24) is 9.62 Å². The summed E-state index contributed by atoms with van der Waals surface area (Å²) in [6, 6.07) is 14.0. The van der Waals surface area contributed by atoms with E-state index in [0.29, 0.717) is 11.3 Å². The number of hydrogen-bond acceptors (Lipinski definition) is 9. The number of carboxylic acid groups (broad SMARTS) is 1. The molecule has 12 nitrogen and oxygen atoms in total. The van der Waals surface area contributed by atoms with Crippen LogP contribution in [0.5, 0.6) is 11.5 Å². The van der Waals surface area contributed by atoms with Gasteiger partial charge in [0.15, 0.2) is 23.9 Å². The van der Waals surface area contributed by atoms with Crippen LogP contribution < -0.4 is 18.9 Å². The van der Waals surface area contributed by atoms with Gasteiger partial charge in [-0.3, -0.25) is 0 Å². The number of carboxylic acids is 1. The number of alkyl halides is 2. The maximum Gasteiger partial charge on any atom is 0.387 e. The normalized spacial score (nSPS) is 14.1. The quantitative estimate of drug-likeness (QED) is 0.0673. The predicted molar refractivity (Wildman–Crippen MR) is 195 cm³/mol. The van der Waals surface area contributed by atoms with Gasteiger partial charge in [-0.15, -0.1) is 0 Å². The molecule has 288 valence electrons. The van der Waals surface area contributed by atoms with Crippen molar-refractivity contribution in [2.24, 2.45) is 5.92 Å². The molecule has 3 aromatic carbocycles. The Hall–Kier alpha value is -4.54. The molecule has 1 fully saturated rings. The number of ether oxygens (including phenoxy) is 3. The molecule has 0 amide bonds. The summed E-state index contributed by atoms with van der Waals surface area (Å²) in [6.45, 7) is -2.69. The molecule has 17 heteroatoms. The molecule has 0 saturated heterocycles. The fourth-order valence-electron chi connectivity index (χ4n) is 5.71. The number of carbonyl (C=O) groups excluding carboxylic acids is 1. The molecule has 4 aromatic rings. The van der Waals surface area contributed by atoms with Crippen LogP contribution in [-0.4, -0.2) is 70.8 Å². The first-order valence-corrected chi connectivity index (χ1v) is 18.9. The van der Waals surface area contributed by atoms with E-state index in [1.165, 1.54) is 48.5 Å². The minimum atomic E-state index is -4.80. The maximum absolute atomic E-state index is 14.5. The average Bonchev–Trinajstić information content (AvgIpc) is 3.94. The predicted octanol–water partition coefficient (Wildman–Crippen LogP) is 6.21. The number of aromatic nitrogens is 1. The van der Waals surface area contributed by atoms with E-state index in [1.807, 2.05) is 0 Å². The van der Waals surface area contributed by atoms with E-state index in [4.69, 9.17) is 37.4 Å². The van der Waals surface area contributed by atoms with Crippen LogP contribution in [0.4, 0.5) is 8.78 Å². The maximum atomic E-state index is 14.5. The van der Waals surface area contributed by atoms with Crippen molar-refractivity contribution in [2.45, 2.75) is 42.7 Å². The Bertz CT molecular complexity index is 2070. The fourth-order valence-corrected chi connectivity index (χ4v) is 7.78. The first-order chi connectivity index (χ1) is 25.6. The van der Waals surface area contributed by atoms with E-state index in [9.17, 15) is 37.1 Å². The summed E-state index contributed by atoms with van der Waals surface area (Å²) in [5.41, 5.74) is -0.0764. The molecule has 1 aliphatic rings. The molecule has 1 saturated carbocycles. The van der Waals surface area contributed by atoms with Gasteiger partial charge in [0.1, 0.15) is 22.7 Å². The number of rotatable bonds is 18. The SMILES string of the molecule is CN(C)CCOC(=O)C(NS(=O)(=O)c1cccc(C(=O)O)c1[C@@H](Cc1c(Cl)c[n+]([O-])cc1Cl)c1ccc(OC(F)F)c(OCC2CC2)c1)c1ccccc1. The second-order valence-electron chi connectivity index (χ2n) is 12.8. The minimum absolute atomic E-state index is 0.0446. The number of nitrogens with zero attached hydrogens (tertiary/aromatic N) is 2. The molecule has 2 atom stereocenters. The molecule has 1 aliphatic carbocycles. The number of halogens is 4. The van der Waals surface area contributed by atoms with Crippen LogP contribution >= 0.6 is 23.2 Å². The highest BCUT2D eigenvalue weighted by molar-refractivity contribution is 7.89. The number of carbonyl (C=O) groups is 2. The lowest BCUT2D eigenvalue weighted by molar-refractivity contribution is -0.605. The number of hydrogen-bond donors (Lipinski definition) is 2. The van der Waals surface area contributed by atoms with Crippen LogP contribution in [-0.2, 0) is 26.0 Å². The van der Waals surface area contributed by atoms with Crippen molar-refractivity contribution < 1.29 is 50.8 Å². The lowest BCUT2D eigenvalue weighted by Gasteiger charge is -2.26. The molecule has 0 radical (unpaired) electrons. The van der Waals surface area contributed by atoms with Crippen LogP contribution in [0.25, 0.3) is 0 Å². The zero-order chi connectivity index (χ0) is 39.2. The molecule has 1 unspecified atom stereocenters. The molecular formula is C37H37Cl2F2N3O9S. The van der Waals surface area contributed by atoms with Crippen LogP contribution in [0.1, 0.15) is 57.4 Å². The van der Waals surface area contributed by atoms with Gasteiger partial charge in [0, 0.05) is 18.0 Å². The second kappa shape index (κ2) is 17.7. The highest BCUT2D eigenvalue weighted by Gasteiger charge is 2.35. The number of nitrogens with one attached hydrogen (secondary N) is 1. The van der Waals surface area contributed by atoms with E-state index in [2.05, 4.69) is 4.72 Å². The Kier molecular flexibility index (Phi) is 13.3. The molecule has 0 spiro atoms. The average molecular weight is 809 g/mol. The summed E-state index contributed by atoms with van der Waals surface area (Å²) < 4.78 is 74.8. The van der Waals surface area contributed by atoms with Gasteiger partial charge in [-0.25, -0.2) is 18.0 Å².